The average Bonchev–Trinajstić information content (AvgIpc) is 2.49. The Labute approximate surface area is 70.3 Å². The van der Waals surface area contributed by atoms with Gasteiger partial charge in [0.1, 0.15) is 5.76 Å². The molecule has 3 heteroatoms. The van der Waals surface area contributed by atoms with E-state index >= 15 is 0 Å². The van der Waals surface area contributed by atoms with Crippen LogP contribution in [0.15, 0.2) is 35.0 Å². The Balaban J connectivity index is 2.23. The molecule has 0 bridgehead atoms. The van der Waals surface area contributed by atoms with Gasteiger partial charge in [0.05, 0.1) is 6.26 Å². The second-order valence-electron chi connectivity index (χ2n) is 2.36. The molecule has 0 aliphatic carbocycles. The third-order valence-corrected chi connectivity index (χ3v) is 1.40. The van der Waals surface area contributed by atoms with Gasteiger partial charge in [0.2, 0.25) is 0 Å². The van der Waals surface area contributed by atoms with Crippen molar-refractivity contribution in [2.45, 2.75) is 12.8 Å². The molecule has 1 N–H and O–H groups in total. The Kier molecular flexibility index (Phi) is 3.14. The van der Waals surface area contributed by atoms with E-state index in [0.717, 1.165) is 18.3 Å². The quantitative estimate of drug-likeness (QED) is 0.694. The van der Waals surface area contributed by atoms with Crippen molar-refractivity contribution in [2.75, 3.05) is 0 Å². The molecule has 0 fully saturated rings. The SMILES string of the molecule is O=C(O)/C=C/CCc1ccco1. The molecule has 12 heavy (non-hydrogen) atoms. The average molecular weight is 166 g/mol. The van der Waals surface area contributed by atoms with Crippen LogP contribution >= 0.6 is 0 Å². The highest BCUT2D eigenvalue weighted by Gasteiger charge is 1.92. The molecule has 3 nitrogen and oxygen atoms in total. The first-order chi connectivity index (χ1) is 5.79. The molecule has 0 aliphatic rings. The lowest BCUT2D eigenvalue weighted by Gasteiger charge is -1.88. The molecule has 1 rings (SSSR count). The third-order valence-electron chi connectivity index (χ3n) is 1.40. The van der Waals surface area contributed by atoms with E-state index in [0.29, 0.717) is 6.42 Å². The second kappa shape index (κ2) is 4.38. The summed E-state index contributed by atoms with van der Waals surface area (Å²) >= 11 is 0. The van der Waals surface area contributed by atoms with E-state index in [1.54, 1.807) is 12.3 Å². The van der Waals surface area contributed by atoms with Gasteiger partial charge in [0.25, 0.3) is 0 Å². The molecular formula is C9H10O3. The molecule has 0 saturated heterocycles. The standard InChI is InChI=1S/C9H10O3/c10-9(11)6-2-1-4-8-5-3-7-12-8/h2-3,5-7H,1,4H2,(H,10,11)/b6-2+. The van der Waals surface area contributed by atoms with Crippen LogP contribution in [-0.4, -0.2) is 11.1 Å². The first-order valence-corrected chi connectivity index (χ1v) is 3.71. The van der Waals surface area contributed by atoms with E-state index in [2.05, 4.69) is 0 Å². The zero-order chi connectivity index (χ0) is 8.81. The monoisotopic (exact) mass is 166 g/mol. The number of aryl methyl sites for hydroxylation is 1. The molecule has 0 saturated carbocycles. The van der Waals surface area contributed by atoms with E-state index in [-0.39, 0.29) is 0 Å². The van der Waals surface area contributed by atoms with Gasteiger partial charge in [-0.1, -0.05) is 6.08 Å². The van der Waals surface area contributed by atoms with Gasteiger partial charge in [0, 0.05) is 12.5 Å². The molecule has 0 spiro atoms. The topological polar surface area (TPSA) is 50.4 Å². The molecule has 1 aromatic rings. The van der Waals surface area contributed by atoms with Crippen LogP contribution in [0.2, 0.25) is 0 Å². The van der Waals surface area contributed by atoms with Crippen molar-refractivity contribution in [2.24, 2.45) is 0 Å². The van der Waals surface area contributed by atoms with E-state index < -0.39 is 5.97 Å². The Morgan fingerprint density at radius 3 is 3.08 bits per heavy atom. The minimum Gasteiger partial charge on any atom is -0.478 e. The van der Waals surface area contributed by atoms with Gasteiger partial charge in [-0.3, -0.25) is 0 Å². The first kappa shape index (κ1) is 8.59. The van der Waals surface area contributed by atoms with Crippen molar-refractivity contribution in [3.8, 4) is 0 Å². The van der Waals surface area contributed by atoms with E-state index in [1.165, 1.54) is 0 Å². The molecular weight excluding hydrogens is 156 g/mol. The summed E-state index contributed by atoms with van der Waals surface area (Å²) in [6.45, 7) is 0. The minimum atomic E-state index is -0.908. The van der Waals surface area contributed by atoms with Crippen molar-refractivity contribution in [1.29, 1.82) is 0 Å². The summed E-state index contributed by atoms with van der Waals surface area (Å²) in [5.41, 5.74) is 0. The first-order valence-electron chi connectivity index (χ1n) is 3.71. The predicted octanol–water partition coefficient (Wildman–Crippen LogP) is 1.85. The minimum absolute atomic E-state index is 0.694. The van der Waals surface area contributed by atoms with Gasteiger partial charge >= 0.3 is 5.97 Å². The molecule has 1 aromatic heterocycles. The van der Waals surface area contributed by atoms with Crippen molar-refractivity contribution < 1.29 is 14.3 Å². The summed E-state index contributed by atoms with van der Waals surface area (Å²) < 4.78 is 5.06. The second-order valence-corrected chi connectivity index (χ2v) is 2.36. The van der Waals surface area contributed by atoms with Crippen molar-refractivity contribution in [3.63, 3.8) is 0 Å². The van der Waals surface area contributed by atoms with Crippen molar-refractivity contribution >= 4 is 5.97 Å². The fourth-order valence-electron chi connectivity index (χ4n) is 0.865. The number of rotatable bonds is 4. The van der Waals surface area contributed by atoms with Crippen LogP contribution in [0.1, 0.15) is 12.2 Å². The van der Waals surface area contributed by atoms with E-state index in [4.69, 9.17) is 9.52 Å². The fraction of sp³-hybridized carbons (Fsp3) is 0.222. The van der Waals surface area contributed by atoms with Gasteiger partial charge in [-0.05, 0) is 18.6 Å². The van der Waals surface area contributed by atoms with E-state index in [1.807, 2.05) is 12.1 Å². The molecule has 64 valence electrons. The van der Waals surface area contributed by atoms with Crippen LogP contribution in [-0.2, 0) is 11.2 Å². The van der Waals surface area contributed by atoms with Crippen LogP contribution in [0.5, 0.6) is 0 Å². The maximum Gasteiger partial charge on any atom is 0.327 e. The van der Waals surface area contributed by atoms with Gasteiger partial charge < -0.3 is 9.52 Å². The van der Waals surface area contributed by atoms with Crippen molar-refractivity contribution in [1.82, 2.24) is 0 Å². The smallest absolute Gasteiger partial charge is 0.327 e. The number of allylic oxidation sites excluding steroid dienone is 1. The third kappa shape index (κ3) is 3.05. The molecule has 0 aromatic carbocycles. The van der Waals surface area contributed by atoms with Gasteiger partial charge in [-0.15, -0.1) is 0 Å². The summed E-state index contributed by atoms with van der Waals surface area (Å²) in [5, 5.41) is 8.26. The lowest BCUT2D eigenvalue weighted by Crippen LogP contribution is -1.86. The summed E-state index contributed by atoms with van der Waals surface area (Å²) in [6, 6.07) is 3.69. The zero-order valence-electron chi connectivity index (χ0n) is 6.56. The maximum atomic E-state index is 10.1. The van der Waals surface area contributed by atoms with Crippen LogP contribution in [0.3, 0.4) is 0 Å². The summed E-state index contributed by atoms with van der Waals surface area (Å²) in [4.78, 5) is 10.1. The molecule has 0 amide bonds. The van der Waals surface area contributed by atoms with Crippen LogP contribution in [0.25, 0.3) is 0 Å². The predicted molar refractivity (Wildman–Crippen MR) is 43.8 cm³/mol. The number of furan rings is 1. The largest absolute Gasteiger partial charge is 0.478 e. The molecule has 0 unspecified atom stereocenters. The number of aliphatic carboxylic acids is 1. The zero-order valence-corrected chi connectivity index (χ0v) is 6.56. The summed E-state index contributed by atoms with van der Waals surface area (Å²) in [6.07, 6.45) is 5.81. The van der Waals surface area contributed by atoms with E-state index in [9.17, 15) is 4.79 Å². The van der Waals surface area contributed by atoms with Crippen LogP contribution in [0.4, 0.5) is 0 Å². The number of hydrogen-bond donors (Lipinski definition) is 1. The van der Waals surface area contributed by atoms with Gasteiger partial charge in [0.15, 0.2) is 0 Å². The Morgan fingerprint density at radius 2 is 2.50 bits per heavy atom. The highest BCUT2D eigenvalue weighted by molar-refractivity contribution is 5.79. The lowest BCUT2D eigenvalue weighted by atomic mass is 10.2. The molecule has 1 heterocycles. The van der Waals surface area contributed by atoms with Gasteiger partial charge in [-0.25, -0.2) is 4.79 Å². The van der Waals surface area contributed by atoms with Crippen LogP contribution in [0, 0.1) is 0 Å². The molecule has 0 aliphatic heterocycles. The Bertz CT molecular complexity index is 259. The number of carbonyl (C=O) groups is 1. The fourth-order valence-corrected chi connectivity index (χ4v) is 0.865. The highest BCUT2D eigenvalue weighted by atomic mass is 16.4. The normalized spacial score (nSPS) is 10.7. The Morgan fingerprint density at radius 1 is 1.67 bits per heavy atom. The lowest BCUT2D eigenvalue weighted by molar-refractivity contribution is -0.131. The van der Waals surface area contributed by atoms with Crippen LogP contribution < -0.4 is 0 Å². The maximum absolute atomic E-state index is 10.1. The highest BCUT2D eigenvalue weighted by Crippen LogP contribution is 2.03. The molecule has 0 radical (unpaired) electrons. The molecule has 0 atom stereocenters. The number of hydrogen-bond acceptors (Lipinski definition) is 2. The van der Waals surface area contributed by atoms with Gasteiger partial charge in [-0.2, -0.15) is 0 Å². The summed E-state index contributed by atoms with van der Waals surface area (Å²) in [7, 11) is 0. The number of carboxylic acid groups (broad SMARTS) is 1. The Hall–Kier alpha value is -1.51. The number of carboxylic acids is 1. The summed E-state index contributed by atoms with van der Waals surface area (Å²) in [5.74, 6) is -0.0283. The van der Waals surface area contributed by atoms with Crippen molar-refractivity contribution in [3.05, 3.63) is 36.3 Å².